The molecule has 0 aliphatic carbocycles. The number of carboxylic acid groups (broad SMARTS) is 1. The highest BCUT2D eigenvalue weighted by atomic mass is 32.2. The van der Waals surface area contributed by atoms with Crippen molar-refractivity contribution in [1.82, 2.24) is 4.72 Å². The molecule has 0 unspecified atom stereocenters. The Kier molecular flexibility index (Phi) is 5.29. The van der Waals surface area contributed by atoms with E-state index in [1.165, 1.54) is 0 Å². The number of rotatable bonds is 7. The molecule has 0 saturated carbocycles. The van der Waals surface area contributed by atoms with Gasteiger partial charge in [-0.2, -0.15) is 4.39 Å². The van der Waals surface area contributed by atoms with Crippen LogP contribution in [0.4, 0.5) is 10.1 Å². The second kappa shape index (κ2) is 6.56. The first-order valence-corrected chi connectivity index (χ1v) is 6.98. The zero-order valence-electron chi connectivity index (χ0n) is 10.4. The lowest BCUT2D eigenvalue weighted by molar-refractivity contribution is -0.387. The monoisotopic (exact) mass is 322 g/mol. The van der Waals surface area contributed by atoms with Crippen molar-refractivity contribution in [2.75, 3.05) is 6.54 Å². The molecule has 0 aromatic heterocycles. The summed E-state index contributed by atoms with van der Waals surface area (Å²) in [5.74, 6) is -2.82. The first-order valence-electron chi connectivity index (χ1n) is 5.49. The number of nitro benzene ring substituents is 1. The molecule has 0 aliphatic rings. The van der Waals surface area contributed by atoms with Gasteiger partial charge < -0.3 is 10.2 Å². The summed E-state index contributed by atoms with van der Waals surface area (Å²) in [4.78, 5) is 19.2. The fourth-order valence-electron chi connectivity index (χ4n) is 1.34. The number of aliphatic hydroxyl groups is 1. The van der Waals surface area contributed by atoms with Gasteiger partial charge in [0.2, 0.25) is 15.8 Å². The molecule has 0 fully saturated rings. The van der Waals surface area contributed by atoms with Gasteiger partial charge in [0.15, 0.2) is 6.10 Å². The Balaban J connectivity index is 2.82. The Hall–Kier alpha value is -2.11. The van der Waals surface area contributed by atoms with Gasteiger partial charge in [-0.05, 0) is 12.5 Å². The molecule has 1 aromatic carbocycles. The summed E-state index contributed by atoms with van der Waals surface area (Å²) in [6.07, 6.45) is -2.12. The fraction of sp³-hybridized carbons (Fsp3) is 0.300. The summed E-state index contributed by atoms with van der Waals surface area (Å²) in [5, 5.41) is 27.8. The molecule has 0 spiro atoms. The second-order valence-electron chi connectivity index (χ2n) is 3.91. The first kappa shape index (κ1) is 16.9. The van der Waals surface area contributed by atoms with Crippen LogP contribution in [0.15, 0.2) is 23.1 Å². The summed E-state index contributed by atoms with van der Waals surface area (Å²) in [7, 11) is -4.16. The van der Waals surface area contributed by atoms with Crippen LogP contribution in [0.2, 0.25) is 0 Å². The average molecular weight is 322 g/mol. The van der Waals surface area contributed by atoms with E-state index >= 15 is 0 Å². The predicted molar refractivity (Wildman–Crippen MR) is 66.5 cm³/mol. The molecule has 0 amide bonds. The molecule has 11 heteroatoms. The molecule has 1 atom stereocenters. The number of nitro groups is 1. The van der Waals surface area contributed by atoms with Crippen LogP contribution < -0.4 is 4.72 Å². The number of hydrogen-bond acceptors (Lipinski definition) is 6. The summed E-state index contributed by atoms with van der Waals surface area (Å²) in [6.45, 7) is -0.394. The SMILES string of the molecule is O=C(O)[C@@H](O)CCNS(=O)(=O)c1ccc([N+](=O)[O-])c(F)c1. The van der Waals surface area contributed by atoms with E-state index in [0.717, 1.165) is 6.07 Å². The number of sulfonamides is 1. The van der Waals surface area contributed by atoms with Gasteiger partial charge in [0.05, 0.1) is 9.82 Å². The van der Waals surface area contributed by atoms with Gasteiger partial charge in [0.25, 0.3) is 0 Å². The Morgan fingerprint density at radius 2 is 2.10 bits per heavy atom. The molecule has 0 bridgehead atoms. The van der Waals surface area contributed by atoms with Gasteiger partial charge in [-0.25, -0.2) is 17.9 Å². The number of aliphatic hydroxyl groups excluding tert-OH is 1. The minimum Gasteiger partial charge on any atom is -0.479 e. The number of carboxylic acids is 1. The first-order chi connectivity index (χ1) is 9.65. The average Bonchev–Trinajstić information content (AvgIpc) is 2.37. The molecular weight excluding hydrogens is 311 g/mol. The summed E-state index contributed by atoms with van der Waals surface area (Å²) >= 11 is 0. The van der Waals surface area contributed by atoms with Crippen LogP contribution in [-0.4, -0.2) is 42.2 Å². The lowest BCUT2D eigenvalue weighted by Gasteiger charge is -2.08. The molecule has 1 rings (SSSR count). The van der Waals surface area contributed by atoms with E-state index in [1.54, 1.807) is 0 Å². The molecule has 0 saturated heterocycles. The number of nitrogens with zero attached hydrogens (tertiary/aromatic N) is 1. The van der Waals surface area contributed by atoms with Crippen LogP contribution in [0.1, 0.15) is 6.42 Å². The van der Waals surface area contributed by atoms with Crippen LogP contribution in [0.25, 0.3) is 0 Å². The highest BCUT2D eigenvalue weighted by Crippen LogP contribution is 2.20. The lowest BCUT2D eigenvalue weighted by Crippen LogP contribution is -2.30. The Morgan fingerprint density at radius 1 is 1.48 bits per heavy atom. The van der Waals surface area contributed by atoms with Crippen molar-refractivity contribution >= 4 is 21.7 Å². The van der Waals surface area contributed by atoms with Crippen molar-refractivity contribution in [1.29, 1.82) is 0 Å². The minimum absolute atomic E-state index is 0.385. The standard InChI is InChI=1S/C10H11FN2O7S/c11-7-5-6(1-2-8(7)13(17)18)21(19,20)12-4-3-9(14)10(15)16/h1-2,5,9,12,14H,3-4H2,(H,15,16)/t9-/m0/s1. The van der Waals surface area contributed by atoms with E-state index < -0.39 is 50.0 Å². The number of halogens is 1. The predicted octanol–water partition coefficient (Wildman–Crippen LogP) is -0.152. The quantitative estimate of drug-likeness (QED) is 0.467. The van der Waals surface area contributed by atoms with Crippen molar-refractivity contribution in [3.63, 3.8) is 0 Å². The third-order valence-corrected chi connectivity index (χ3v) is 3.88. The van der Waals surface area contributed by atoms with Crippen molar-refractivity contribution in [3.8, 4) is 0 Å². The van der Waals surface area contributed by atoms with Crippen LogP contribution >= 0.6 is 0 Å². The Morgan fingerprint density at radius 3 is 2.57 bits per heavy atom. The Labute approximate surface area is 118 Å². The molecule has 116 valence electrons. The number of carbonyl (C=O) groups is 1. The summed E-state index contributed by atoms with van der Waals surface area (Å²) in [6, 6.07) is 2.03. The highest BCUT2D eigenvalue weighted by molar-refractivity contribution is 7.89. The van der Waals surface area contributed by atoms with E-state index in [-0.39, 0.29) is 6.42 Å². The third kappa shape index (κ3) is 4.44. The maximum Gasteiger partial charge on any atom is 0.332 e. The van der Waals surface area contributed by atoms with E-state index in [4.69, 9.17) is 10.2 Å². The molecule has 9 nitrogen and oxygen atoms in total. The van der Waals surface area contributed by atoms with E-state index in [0.29, 0.717) is 12.1 Å². The second-order valence-corrected chi connectivity index (χ2v) is 5.68. The van der Waals surface area contributed by atoms with Crippen LogP contribution in [0.5, 0.6) is 0 Å². The number of nitrogens with one attached hydrogen (secondary N) is 1. The summed E-state index contributed by atoms with van der Waals surface area (Å²) in [5.41, 5.74) is -0.866. The van der Waals surface area contributed by atoms with Gasteiger partial charge in [-0.15, -0.1) is 0 Å². The molecule has 1 aromatic rings. The smallest absolute Gasteiger partial charge is 0.332 e. The van der Waals surface area contributed by atoms with Gasteiger partial charge in [-0.3, -0.25) is 10.1 Å². The number of benzene rings is 1. The van der Waals surface area contributed by atoms with Crippen LogP contribution in [-0.2, 0) is 14.8 Å². The number of aliphatic carboxylic acids is 1. The van der Waals surface area contributed by atoms with Gasteiger partial charge in [0, 0.05) is 18.7 Å². The largest absolute Gasteiger partial charge is 0.479 e. The Bertz CT molecular complexity index is 661. The van der Waals surface area contributed by atoms with Crippen molar-refractivity contribution in [2.45, 2.75) is 17.4 Å². The lowest BCUT2D eigenvalue weighted by atomic mass is 10.3. The van der Waals surface area contributed by atoms with E-state index in [9.17, 15) is 27.7 Å². The topological polar surface area (TPSA) is 147 Å². The summed E-state index contributed by atoms with van der Waals surface area (Å²) < 4.78 is 38.8. The van der Waals surface area contributed by atoms with Crippen molar-refractivity contribution in [2.24, 2.45) is 0 Å². The maximum absolute atomic E-state index is 13.3. The van der Waals surface area contributed by atoms with E-state index in [1.807, 2.05) is 4.72 Å². The highest BCUT2D eigenvalue weighted by Gasteiger charge is 2.21. The molecule has 3 N–H and O–H groups in total. The molecular formula is C10H11FN2O7S. The molecule has 0 radical (unpaired) electrons. The normalized spacial score (nSPS) is 12.9. The van der Waals surface area contributed by atoms with E-state index in [2.05, 4.69) is 0 Å². The minimum atomic E-state index is -4.16. The third-order valence-electron chi connectivity index (χ3n) is 2.42. The van der Waals surface area contributed by atoms with Crippen LogP contribution in [0, 0.1) is 15.9 Å². The van der Waals surface area contributed by atoms with Gasteiger partial charge >= 0.3 is 11.7 Å². The van der Waals surface area contributed by atoms with Gasteiger partial charge in [0.1, 0.15) is 0 Å². The van der Waals surface area contributed by atoms with Crippen molar-refractivity contribution in [3.05, 3.63) is 34.1 Å². The van der Waals surface area contributed by atoms with Crippen LogP contribution in [0.3, 0.4) is 0 Å². The fourth-order valence-corrected chi connectivity index (χ4v) is 2.40. The zero-order valence-corrected chi connectivity index (χ0v) is 11.2. The zero-order chi connectivity index (χ0) is 16.2. The van der Waals surface area contributed by atoms with Gasteiger partial charge in [-0.1, -0.05) is 0 Å². The van der Waals surface area contributed by atoms with Crippen molar-refractivity contribution < 1.29 is 32.7 Å². The molecule has 0 aliphatic heterocycles. The molecule has 21 heavy (non-hydrogen) atoms. The number of hydrogen-bond donors (Lipinski definition) is 3. The maximum atomic E-state index is 13.3. The molecule has 0 heterocycles.